The third kappa shape index (κ3) is 1.99. The van der Waals surface area contributed by atoms with Crippen LogP contribution in [0.25, 0.3) is 10.9 Å². The van der Waals surface area contributed by atoms with Gasteiger partial charge in [-0.3, -0.25) is 0 Å². The SMILES string of the molecule is CNCc1c(C(C)C)c2cc(OC)ccc2n1C. The Morgan fingerprint density at radius 3 is 2.61 bits per heavy atom. The fourth-order valence-corrected chi connectivity index (χ4v) is 2.66. The second-order valence-electron chi connectivity index (χ2n) is 4.99. The van der Waals surface area contributed by atoms with Crippen molar-refractivity contribution in [3.63, 3.8) is 0 Å². The molecule has 0 radical (unpaired) electrons. The van der Waals surface area contributed by atoms with Gasteiger partial charge in [0.1, 0.15) is 5.75 Å². The van der Waals surface area contributed by atoms with Gasteiger partial charge in [-0.15, -0.1) is 0 Å². The Labute approximate surface area is 109 Å². The largest absolute Gasteiger partial charge is 0.497 e. The topological polar surface area (TPSA) is 26.2 Å². The average Bonchev–Trinajstić information content (AvgIpc) is 2.63. The number of fused-ring (bicyclic) bond motifs is 1. The van der Waals surface area contributed by atoms with Gasteiger partial charge >= 0.3 is 0 Å². The van der Waals surface area contributed by atoms with Gasteiger partial charge in [-0.25, -0.2) is 0 Å². The van der Waals surface area contributed by atoms with Gasteiger partial charge < -0.3 is 14.6 Å². The Morgan fingerprint density at radius 1 is 1.33 bits per heavy atom. The first kappa shape index (κ1) is 13.0. The van der Waals surface area contributed by atoms with E-state index in [-0.39, 0.29) is 0 Å². The number of nitrogens with one attached hydrogen (secondary N) is 1. The van der Waals surface area contributed by atoms with E-state index in [0.717, 1.165) is 12.3 Å². The third-order valence-electron chi connectivity index (χ3n) is 3.49. The number of aromatic nitrogens is 1. The summed E-state index contributed by atoms with van der Waals surface area (Å²) < 4.78 is 7.62. The molecule has 0 aliphatic heterocycles. The first-order valence-corrected chi connectivity index (χ1v) is 6.40. The number of ether oxygens (including phenoxy) is 1. The number of benzene rings is 1. The molecule has 98 valence electrons. The lowest BCUT2D eigenvalue weighted by atomic mass is 9.99. The van der Waals surface area contributed by atoms with Crippen LogP contribution in [-0.2, 0) is 13.6 Å². The summed E-state index contributed by atoms with van der Waals surface area (Å²) in [5.74, 6) is 1.43. The van der Waals surface area contributed by atoms with Crippen LogP contribution in [-0.4, -0.2) is 18.7 Å². The first-order chi connectivity index (χ1) is 8.60. The highest BCUT2D eigenvalue weighted by atomic mass is 16.5. The quantitative estimate of drug-likeness (QED) is 0.897. The zero-order chi connectivity index (χ0) is 13.3. The molecular weight excluding hydrogens is 224 g/mol. The summed E-state index contributed by atoms with van der Waals surface area (Å²) in [5, 5.41) is 4.56. The molecule has 0 atom stereocenters. The van der Waals surface area contributed by atoms with E-state index in [9.17, 15) is 0 Å². The second kappa shape index (κ2) is 5.02. The van der Waals surface area contributed by atoms with Gasteiger partial charge in [0.2, 0.25) is 0 Å². The fourth-order valence-electron chi connectivity index (χ4n) is 2.66. The maximum absolute atomic E-state index is 5.34. The predicted octanol–water partition coefficient (Wildman–Crippen LogP) is 3.03. The van der Waals surface area contributed by atoms with Crippen molar-refractivity contribution in [1.82, 2.24) is 9.88 Å². The van der Waals surface area contributed by atoms with E-state index < -0.39 is 0 Å². The minimum Gasteiger partial charge on any atom is -0.497 e. The van der Waals surface area contributed by atoms with Crippen LogP contribution in [0, 0.1) is 0 Å². The Morgan fingerprint density at radius 2 is 2.06 bits per heavy atom. The predicted molar refractivity (Wildman–Crippen MR) is 76.3 cm³/mol. The summed E-state index contributed by atoms with van der Waals surface area (Å²) >= 11 is 0. The summed E-state index contributed by atoms with van der Waals surface area (Å²) in [4.78, 5) is 0. The van der Waals surface area contributed by atoms with E-state index in [4.69, 9.17) is 4.74 Å². The number of nitrogens with zero attached hydrogens (tertiary/aromatic N) is 1. The summed E-state index contributed by atoms with van der Waals surface area (Å²) in [6, 6.07) is 6.30. The number of hydrogen-bond acceptors (Lipinski definition) is 2. The summed E-state index contributed by atoms with van der Waals surface area (Å²) in [6.07, 6.45) is 0. The van der Waals surface area contributed by atoms with Gasteiger partial charge in [0.15, 0.2) is 0 Å². The Kier molecular flexibility index (Phi) is 3.62. The molecule has 0 saturated carbocycles. The molecular formula is C15H22N2O. The smallest absolute Gasteiger partial charge is 0.119 e. The summed E-state index contributed by atoms with van der Waals surface area (Å²) in [7, 11) is 5.84. The van der Waals surface area contributed by atoms with Crippen molar-refractivity contribution in [2.45, 2.75) is 26.3 Å². The van der Waals surface area contributed by atoms with Gasteiger partial charge in [-0.2, -0.15) is 0 Å². The van der Waals surface area contributed by atoms with Crippen molar-refractivity contribution in [2.24, 2.45) is 7.05 Å². The summed E-state index contributed by atoms with van der Waals surface area (Å²) in [5.41, 5.74) is 4.04. The minimum atomic E-state index is 0.504. The highest BCUT2D eigenvalue weighted by molar-refractivity contribution is 5.87. The van der Waals surface area contributed by atoms with Crippen LogP contribution in [0.5, 0.6) is 5.75 Å². The van der Waals surface area contributed by atoms with Crippen LogP contribution in [0.3, 0.4) is 0 Å². The van der Waals surface area contributed by atoms with Crippen LogP contribution in [0.4, 0.5) is 0 Å². The van der Waals surface area contributed by atoms with Crippen molar-refractivity contribution >= 4 is 10.9 Å². The van der Waals surface area contributed by atoms with E-state index in [1.165, 1.54) is 22.2 Å². The maximum Gasteiger partial charge on any atom is 0.119 e. The molecule has 1 N–H and O–H groups in total. The molecule has 0 saturated heterocycles. The minimum absolute atomic E-state index is 0.504. The standard InChI is InChI=1S/C15H22N2O/c1-10(2)15-12-8-11(18-5)6-7-13(12)17(4)14(15)9-16-3/h6-8,10,16H,9H2,1-5H3. The van der Waals surface area contributed by atoms with Crippen LogP contribution in [0.15, 0.2) is 18.2 Å². The molecule has 0 bridgehead atoms. The molecule has 1 aromatic carbocycles. The van der Waals surface area contributed by atoms with Gasteiger partial charge in [0.05, 0.1) is 7.11 Å². The fraction of sp³-hybridized carbons (Fsp3) is 0.467. The van der Waals surface area contributed by atoms with Gasteiger partial charge in [-0.05, 0) is 36.7 Å². The molecule has 0 unspecified atom stereocenters. The molecule has 2 aromatic rings. The monoisotopic (exact) mass is 246 g/mol. The van der Waals surface area contributed by atoms with E-state index in [2.05, 4.69) is 42.9 Å². The van der Waals surface area contributed by atoms with Crippen molar-refractivity contribution < 1.29 is 4.74 Å². The van der Waals surface area contributed by atoms with E-state index in [0.29, 0.717) is 5.92 Å². The number of rotatable bonds is 4. The van der Waals surface area contributed by atoms with Crippen LogP contribution in [0.2, 0.25) is 0 Å². The molecule has 0 spiro atoms. The zero-order valence-corrected chi connectivity index (χ0v) is 11.9. The number of aryl methyl sites for hydroxylation is 1. The molecule has 0 fully saturated rings. The van der Waals surface area contributed by atoms with Crippen LogP contribution < -0.4 is 10.1 Å². The molecule has 18 heavy (non-hydrogen) atoms. The number of hydrogen-bond donors (Lipinski definition) is 1. The highest BCUT2D eigenvalue weighted by Crippen LogP contribution is 2.33. The van der Waals surface area contributed by atoms with Crippen molar-refractivity contribution in [3.05, 3.63) is 29.5 Å². The Bertz CT molecular complexity index is 555. The molecule has 1 heterocycles. The van der Waals surface area contributed by atoms with E-state index >= 15 is 0 Å². The lowest BCUT2D eigenvalue weighted by Gasteiger charge is -2.10. The number of methoxy groups -OCH3 is 1. The zero-order valence-electron chi connectivity index (χ0n) is 11.9. The molecule has 1 aromatic heterocycles. The van der Waals surface area contributed by atoms with Crippen molar-refractivity contribution in [2.75, 3.05) is 14.2 Å². The summed E-state index contributed by atoms with van der Waals surface area (Å²) in [6.45, 7) is 5.38. The average molecular weight is 246 g/mol. The molecule has 2 rings (SSSR count). The van der Waals surface area contributed by atoms with Crippen molar-refractivity contribution in [1.29, 1.82) is 0 Å². The molecule has 0 aliphatic carbocycles. The van der Waals surface area contributed by atoms with E-state index in [1.54, 1.807) is 7.11 Å². The van der Waals surface area contributed by atoms with E-state index in [1.807, 2.05) is 13.1 Å². The van der Waals surface area contributed by atoms with Crippen LogP contribution >= 0.6 is 0 Å². The Balaban J connectivity index is 2.75. The first-order valence-electron chi connectivity index (χ1n) is 6.40. The molecule has 3 nitrogen and oxygen atoms in total. The molecule has 3 heteroatoms. The molecule has 0 amide bonds. The second-order valence-corrected chi connectivity index (χ2v) is 4.99. The van der Waals surface area contributed by atoms with Gasteiger partial charge in [0.25, 0.3) is 0 Å². The maximum atomic E-state index is 5.34. The van der Waals surface area contributed by atoms with Crippen molar-refractivity contribution in [3.8, 4) is 5.75 Å². The lowest BCUT2D eigenvalue weighted by molar-refractivity contribution is 0.415. The lowest BCUT2D eigenvalue weighted by Crippen LogP contribution is -2.11. The third-order valence-corrected chi connectivity index (χ3v) is 3.49. The normalized spacial score (nSPS) is 11.4. The molecule has 0 aliphatic rings. The highest BCUT2D eigenvalue weighted by Gasteiger charge is 2.17. The van der Waals surface area contributed by atoms with Gasteiger partial charge in [0, 0.05) is 30.2 Å². The van der Waals surface area contributed by atoms with Gasteiger partial charge in [-0.1, -0.05) is 13.8 Å². The van der Waals surface area contributed by atoms with Crippen LogP contribution in [0.1, 0.15) is 31.0 Å². The Hall–Kier alpha value is -1.48.